The number of rotatable bonds is 5. The molecule has 2 aromatic carbocycles. The minimum atomic E-state index is -0.397. The number of carbonyl (C=O) groups is 2. The third-order valence-electron chi connectivity index (χ3n) is 3.65. The molecule has 1 amide bonds. The molecule has 26 heavy (non-hydrogen) atoms. The maximum Gasteiger partial charge on any atom is 0.308 e. The van der Waals surface area contributed by atoms with E-state index in [-0.39, 0.29) is 5.91 Å². The molecule has 0 aliphatic carbocycles. The molecular formula is C20H18N2O3S. The maximum absolute atomic E-state index is 12.3. The van der Waals surface area contributed by atoms with Crippen molar-refractivity contribution in [2.75, 3.05) is 5.32 Å². The van der Waals surface area contributed by atoms with E-state index in [1.807, 2.05) is 0 Å². The van der Waals surface area contributed by atoms with Crippen LogP contribution in [0, 0.1) is 6.92 Å². The Hall–Kier alpha value is -2.99. The van der Waals surface area contributed by atoms with Crippen molar-refractivity contribution in [1.82, 2.24) is 4.98 Å². The Kier molecular flexibility index (Phi) is 5.43. The van der Waals surface area contributed by atoms with E-state index >= 15 is 0 Å². The molecule has 1 N–H and O–H groups in total. The minimum absolute atomic E-state index is 0.254. The highest BCUT2D eigenvalue weighted by molar-refractivity contribution is 7.15. The number of benzene rings is 2. The molecule has 0 radical (unpaired) electrons. The van der Waals surface area contributed by atoms with Crippen LogP contribution in [0.5, 0.6) is 5.75 Å². The summed E-state index contributed by atoms with van der Waals surface area (Å²) < 4.78 is 4.95. The Bertz CT molecular complexity index is 915. The van der Waals surface area contributed by atoms with E-state index in [4.69, 9.17) is 4.74 Å². The quantitative estimate of drug-likeness (QED) is 0.542. The first-order chi connectivity index (χ1) is 12.5. The normalized spacial score (nSPS) is 10.4. The first kappa shape index (κ1) is 17.8. The third-order valence-corrected chi connectivity index (χ3v) is 4.56. The van der Waals surface area contributed by atoms with Crippen LogP contribution in [0.15, 0.2) is 54.7 Å². The van der Waals surface area contributed by atoms with Gasteiger partial charge in [-0.3, -0.25) is 14.9 Å². The van der Waals surface area contributed by atoms with Crippen LogP contribution in [-0.2, 0) is 11.2 Å². The average molecular weight is 366 g/mol. The number of nitrogens with zero attached hydrogens (tertiary/aromatic N) is 1. The molecule has 3 rings (SSSR count). The Morgan fingerprint density at radius 2 is 1.77 bits per heavy atom. The summed E-state index contributed by atoms with van der Waals surface area (Å²) >= 11 is 1.45. The Morgan fingerprint density at radius 3 is 2.42 bits per heavy atom. The zero-order chi connectivity index (χ0) is 18.5. The SMILES string of the molecule is CC(=O)Oc1ccc(C(=O)Nc2ncc(Cc3ccc(C)cc3)s2)cc1. The van der Waals surface area contributed by atoms with Crippen LogP contribution in [-0.4, -0.2) is 16.9 Å². The molecule has 1 heterocycles. The van der Waals surface area contributed by atoms with E-state index < -0.39 is 5.97 Å². The van der Waals surface area contributed by atoms with Crippen molar-refractivity contribution in [1.29, 1.82) is 0 Å². The summed E-state index contributed by atoms with van der Waals surface area (Å²) in [6, 6.07) is 14.7. The van der Waals surface area contributed by atoms with Gasteiger partial charge in [-0.15, -0.1) is 11.3 Å². The predicted octanol–water partition coefficient (Wildman–Crippen LogP) is 4.22. The summed E-state index contributed by atoms with van der Waals surface area (Å²) in [4.78, 5) is 28.6. The largest absolute Gasteiger partial charge is 0.427 e. The molecule has 6 heteroatoms. The fourth-order valence-electron chi connectivity index (χ4n) is 2.36. The second-order valence-corrected chi connectivity index (χ2v) is 6.98. The van der Waals surface area contributed by atoms with Crippen LogP contribution in [0.4, 0.5) is 5.13 Å². The van der Waals surface area contributed by atoms with Crippen LogP contribution < -0.4 is 10.1 Å². The van der Waals surface area contributed by atoms with Gasteiger partial charge in [0.25, 0.3) is 5.91 Å². The van der Waals surface area contributed by atoms with Gasteiger partial charge in [-0.25, -0.2) is 4.98 Å². The van der Waals surface area contributed by atoms with Gasteiger partial charge in [0.2, 0.25) is 0 Å². The lowest BCUT2D eigenvalue weighted by atomic mass is 10.1. The minimum Gasteiger partial charge on any atom is -0.427 e. The van der Waals surface area contributed by atoms with Crippen LogP contribution >= 0.6 is 11.3 Å². The predicted molar refractivity (Wildman–Crippen MR) is 102 cm³/mol. The summed E-state index contributed by atoms with van der Waals surface area (Å²) in [6.07, 6.45) is 2.56. The van der Waals surface area contributed by atoms with Crippen molar-refractivity contribution >= 4 is 28.3 Å². The maximum atomic E-state index is 12.3. The molecule has 1 aromatic heterocycles. The number of nitrogens with one attached hydrogen (secondary N) is 1. The molecule has 0 saturated carbocycles. The number of ether oxygens (including phenoxy) is 1. The third kappa shape index (κ3) is 4.77. The van der Waals surface area contributed by atoms with Gasteiger partial charge >= 0.3 is 5.97 Å². The molecule has 0 atom stereocenters. The van der Waals surface area contributed by atoms with Crippen LogP contribution in [0.1, 0.15) is 33.3 Å². The molecule has 132 valence electrons. The molecule has 0 fully saturated rings. The second-order valence-electron chi connectivity index (χ2n) is 5.87. The van der Waals surface area contributed by atoms with E-state index in [9.17, 15) is 9.59 Å². The number of aryl methyl sites for hydroxylation is 1. The fraction of sp³-hybridized carbons (Fsp3) is 0.150. The van der Waals surface area contributed by atoms with E-state index in [2.05, 4.69) is 41.5 Å². The smallest absolute Gasteiger partial charge is 0.308 e. The summed E-state index contributed by atoms with van der Waals surface area (Å²) in [7, 11) is 0. The Morgan fingerprint density at radius 1 is 1.08 bits per heavy atom. The summed E-state index contributed by atoms with van der Waals surface area (Å²) in [5.41, 5.74) is 2.90. The highest BCUT2D eigenvalue weighted by Gasteiger charge is 2.10. The van der Waals surface area contributed by atoms with Crippen molar-refractivity contribution < 1.29 is 14.3 Å². The van der Waals surface area contributed by atoms with E-state index in [0.717, 1.165) is 11.3 Å². The van der Waals surface area contributed by atoms with E-state index in [1.165, 1.54) is 29.4 Å². The average Bonchev–Trinajstić information content (AvgIpc) is 3.04. The first-order valence-electron chi connectivity index (χ1n) is 8.10. The van der Waals surface area contributed by atoms with Crippen LogP contribution in [0.3, 0.4) is 0 Å². The number of aromatic nitrogens is 1. The number of hydrogen-bond donors (Lipinski definition) is 1. The number of esters is 1. The second kappa shape index (κ2) is 7.93. The molecule has 0 unspecified atom stereocenters. The standard InChI is InChI=1S/C20H18N2O3S/c1-13-3-5-15(6-4-13)11-18-12-21-20(26-18)22-19(24)16-7-9-17(10-8-16)25-14(2)23/h3-10,12H,11H2,1-2H3,(H,21,22,24). The molecule has 0 bridgehead atoms. The van der Waals surface area contributed by atoms with Gasteiger partial charge in [0, 0.05) is 30.0 Å². The first-order valence-corrected chi connectivity index (χ1v) is 8.91. The molecule has 5 nitrogen and oxygen atoms in total. The van der Waals surface area contributed by atoms with Gasteiger partial charge in [0.1, 0.15) is 5.75 Å². The van der Waals surface area contributed by atoms with Crippen molar-refractivity contribution in [3.63, 3.8) is 0 Å². The van der Waals surface area contributed by atoms with Gasteiger partial charge in [-0.2, -0.15) is 0 Å². The number of amides is 1. The van der Waals surface area contributed by atoms with Gasteiger partial charge in [-0.05, 0) is 36.8 Å². The van der Waals surface area contributed by atoms with Gasteiger partial charge < -0.3 is 4.74 Å². The number of hydrogen-bond acceptors (Lipinski definition) is 5. The highest BCUT2D eigenvalue weighted by atomic mass is 32.1. The van der Waals surface area contributed by atoms with Crippen LogP contribution in [0.25, 0.3) is 0 Å². The molecule has 0 saturated heterocycles. The Labute approximate surface area is 155 Å². The number of thiazole rings is 1. The van der Waals surface area contributed by atoms with E-state index in [0.29, 0.717) is 16.4 Å². The van der Waals surface area contributed by atoms with Crippen LogP contribution in [0.2, 0.25) is 0 Å². The fourth-order valence-corrected chi connectivity index (χ4v) is 3.21. The summed E-state index contributed by atoms with van der Waals surface area (Å²) in [5.74, 6) is -0.245. The molecule has 3 aromatic rings. The number of anilines is 1. The van der Waals surface area contributed by atoms with E-state index in [1.54, 1.807) is 30.5 Å². The number of carbonyl (C=O) groups excluding carboxylic acids is 2. The molecule has 0 aliphatic heterocycles. The van der Waals surface area contributed by atoms with Crippen molar-refractivity contribution in [2.24, 2.45) is 0 Å². The highest BCUT2D eigenvalue weighted by Crippen LogP contribution is 2.22. The van der Waals surface area contributed by atoms with Crippen molar-refractivity contribution in [2.45, 2.75) is 20.3 Å². The Balaban J connectivity index is 1.62. The van der Waals surface area contributed by atoms with Gasteiger partial charge in [0.15, 0.2) is 5.13 Å². The zero-order valence-electron chi connectivity index (χ0n) is 14.5. The van der Waals surface area contributed by atoms with Gasteiger partial charge in [-0.1, -0.05) is 29.8 Å². The summed E-state index contributed by atoms with van der Waals surface area (Å²) in [6.45, 7) is 3.39. The topological polar surface area (TPSA) is 68.3 Å². The monoisotopic (exact) mass is 366 g/mol. The molecule has 0 aliphatic rings. The lowest BCUT2D eigenvalue weighted by Crippen LogP contribution is -2.11. The lowest BCUT2D eigenvalue weighted by molar-refractivity contribution is -0.131. The van der Waals surface area contributed by atoms with Crippen molar-refractivity contribution in [3.8, 4) is 5.75 Å². The summed E-state index contributed by atoms with van der Waals surface area (Å²) in [5, 5.41) is 3.35. The zero-order valence-corrected chi connectivity index (χ0v) is 15.3. The molecular weight excluding hydrogens is 348 g/mol. The van der Waals surface area contributed by atoms with Gasteiger partial charge in [0.05, 0.1) is 0 Å². The van der Waals surface area contributed by atoms with Crippen molar-refractivity contribution in [3.05, 3.63) is 76.3 Å². The lowest BCUT2D eigenvalue weighted by Gasteiger charge is -2.04. The molecule has 0 spiro atoms.